The second-order valence-corrected chi connectivity index (χ2v) is 12.1. The average molecular weight is 646 g/mol. The molecule has 1 atom stereocenters. The van der Waals surface area contributed by atoms with Crippen LogP contribution in [0.5, 0.6) is 6.01 Å². The van der Waals surface area contributed by atoms with E-state index in [0.29, 0.717) is 0 Å². The first kappa shape index (κ1) is 30.7. The molecule has 2 aliphatic heterocycles. The first-order valence-electron chi connectivity index (χ1n) is 14.1. The highest BCUT2D eigenvalue weighted by Gasteiger charge is 2.40. The summed E-state index contributed by atoms with van der Waals surface area (Å²) in [6, 6.07) is 2.32. The lowest BCUT2D eigenvalue weighted by Gasteiger charge is -2.43. The molecule has 2 saturated heterocycles. The van der Waals surface area contributed by atoms with E-state index in [-0.39, 0.29) is 75.8 Å². The fourth-order valence-corrected chi connectivity index (χ4v) is 6.55. The van der Waals surface area contributed by atoms with E-state index in [1.54, 1.807) is 18.9 Å². The molecule has 45 heavy (non-hydrogen) atoms. The molecule has 2 fully saturated rings. The number of ether oxygens (including phenoxy) is 1. The predicted octanol–water partition coefficient (Wildman–Crippen LogP) is 4.93. The number of nitrogen functional groups attached to an aromatic ring is 1. The molecular weight excluding hydrogens is 617 g/mol. The SMILES string of the molecule is CC#CC(=O)N1CC(N(C)c2nc(OC[C@@H]3CCCN3C)nc3c(F)c(-c4ccc(F)c5sc(N)nc45)c(C(F)(F)F)cc23)C1. The van der Waals surface area contributed by atoms with Gasteiger partial charge in [0.1, 0.15) is 23.8 Å². The summed E-state index contributed by atoms with van der Waals surface area (Å²) in [7, 11) is 3.56. The summed E-state index contributed by atoms with van der Waals surface area (Å²) >= 11 is 0.751. The number of aromatic nitrogens is 3. The number of benzene rings is 2. The van der Waals surface area contributed by atoms with Crippen molar-refractivity contribution in [2.45, 2.75) is 38.0 Å². The lowest BCUT2D eigenvalue weighted by atomic mass is 9.95. The van der Waals surface area contributed by atoms with Crippen molar-refractivity contribution in [1.82, 2.24) is 24.8 Å². The summed E-state index contributed by atoms with van der Waals surface area (Å²) in [6.07, 6.45) is -3.18. The van der Waals surface area contributed by atoms with E-state index in [2.05, 4.69) is 31.7 Å². The van der Waals surface area contributed by atoms with Gasteiger partial charge in [-0.1, -0.05) is 17.3 Å². The van der Waals surface area contributed by atoms with Crippen molar-refractivity contribution >= 4 is 49.3 Å². The summed E-state index contributed by atoms with van der Waals surface area (Å²) in [6.45, 7) is 3.10. The van der Waals surface area contributed by atoms with Gasteiger partial charge in [0.05, 0.1) is 21.8 Å². The fourth-order valence-electron chi connectivity index (χ4n) is 5.79. The van der Waals surface area contributed by atoms with Crippen LogP contribution in [0.25, 0.3) is 32.2 Å². The van der Waals surface area contributed by atoms with E-state index >= 15 is 4.39 Å². The number of hydrogen-bond donors (Lipinski definition) is 1. The van der Waals surface area contributed by atoms with E-state index in [4.69, 9.17) is 10.5 Å². The number of anilines is 2. The Morgan fingerprint density at radius 2 is 1.96 bits per heavy atom. The number of likely N-dealkylation sites (tertiary alicyclic amines) is 2. The van der Waals surface area contributed by atoms with Crippen molar-refractivity contribution in [3.05, 3.63) is 35.4 Å². The molecule has 0 unspecified atom stereocenters. The number of hydrogen-bond acceptors (Lipinski definition) is 9. The van der Waals surface area contributed by atoms with Gasteiger partial charge in [-0.25, -0.2) is 13.8 Å². The first-order chi connectivity index (χ1) is 21.4. The number of fused-ring (bicyclic) bond motifs is 2. The Labute approximate surface area is 258 Å². The summed E-state index contributed by atoms with van der Waals surface area (Å²) in [5.74, 6) is 2.62. The van der Waals surface area contributed by atoms with Gasteiger partial charge in [0, 0.05) is 42.7 Å². The zero-order chi connectivity index (χ0) is 32.2. The van der Waals surface area contributed by atoms with Crippen LogP contribution in [0.2, 0.25) is 0 Å². The maximum absolute atomic E-state index is 16.7. The quantitative estimate of drug-likeness (QED) is 0.233. The van der Waals surface area contributed by atoms with Gasteiger partial charge in [-0.2, -0.15) is 23.1 Å². The number of carbonyl (C=O) groups excluding carboxylic acids is 1. The first-order valence-corrected chi connectivity index (χ1v) is 14.9. The predicted molar refractivity (Wildman–Crippen MR) is 161 cm³/mol. The molecule has 4 aromatic rings. The highest BCUT2D eigenvalue weighted by molar-refractivity contribution is 7.22. The Hall–Kier alpha value is -4.29. The van der Waals surface area contributed by atoms with Crippen LogP contribution >= 0.6 is 11.3 Å². The Balaban J connectivity index is 1.52. The van der Waals surface area contributed by atoms with Gasteiger partial charge in [-0.3, -0.25) is 4.79 Å². The number of amides is 1. The minimum atomic E-state index is -5.02. The topological polar surface area (TPSA) is 101 Å². The number of nitrogens with two attached hydrogens (primary N) is 1. The third kappa shape index (κ3) is 5.57. The number of nitrogens with zero attached hydrogens (tertiary/aromatic N) is 6. The van der Waals surface area contributed by atoms with Crippen LogP contribution in [0.1, 0.15) is 25.3 Å². The zero-order valence-corrected chi connectivity index (χ0v) is 25.3. The summed E-state index contributed by atoms with van der Waals surface area (Å²) < 4.78 is 81.2. The van der Waals surface area contributed by atoms with Gasteiger partial charge in [0.2, 0.25) is 0 Å². The molecule has 2 N–H and O–H groups in total. The van der Waals surface area contributed by atoms with Crippen molar-refractivity contribution in [3.8, 4) is 29.0 Å². The summed E-state index contributed by atoms with van der Waals surface area (Å²) in [5, 5.41) is -0.284. The average Bonchev–Trinajstić information content (AvgIpc) is 3.56. The molecule has 236 valence electrons. The minimum Gasteiger partial charge on any atom is -0.462 e. The monoisotopic (exact) mass is 645 g/mol. The number of carbonyl (C=O) groups is 1. The Kier molecular flexibility index (Phi) is 7.90. The molecule has 0 spiro atoms. The van der Waals surface area contributed by atoms with Crippen LogP contribution in [-0.4, -0.2) is 83.1 Å². The van der Waals surface area contributed by atoms with E-state index in [9.17, 15) is 22.4 Å². The Bertz CT molecular complexity index is 1880. The van der Waals surface area contributed by atoms with Crippen LogP contribution in [0.3, 0.4) is 0 Å². The van der Waals surface area contributed by atoms with E-state index < -0.39 is 34.5 Å². The number of halogens is 5. The second-order valence-electron chi connectivity index (χ2n) is 11.1. The highest BCUT2D eigenvalue weighted by Crippen LogP contribution is 2.46. The number of rotatable bonds is 6. The van der Waals surface area contributed by atoms with E-state index in [1.807, 2.05) is 7.05 Å². The van der Waals surface area contributed by atoms with Gasteiger partial charge in [0.15, 0.2) is 10.9 Å². The second kappa shape index (κ2) is 11.6. The van der Waals surface area contributed by atoms with Crippen LogP contribution < -0.4 is 15.4 Å². The van der Waals surface area contributed by atoms with Gasteiger partial charge in [-0.15, -0.1) is 0 Å². The van der Waals surface area contributed by atoms with Gasteiger partial charge in [-0.05, 0) is 57.5 Å². The minimum absolute atomic E-state index is 0.00607. The van der Waals surface area contributed by atoms with Crippen LogP contribution in [0.15, 0.2) is 18.2 Å². The lowest BCUT2D eigenvalue weighted by molar-refractivity contribution is -0.137. The van der Waals surface area contributed by atoms with Gasteiger partial charge in [0.25, 0.3) is 5.91 Å². The van der Waals surface area contributed by atoms with Crippen molar-refractivity contribution in [2.75, 3.05) is 51.0 Å². The summed E-state index contributed by atoms with van der Waals surface area (Å²) in [5.41, 5.74) is 2.74. The molecule has 0 aliphatic carbocycles. The maximum atomic E-state index is 16.7. The van der Waals surface area contributed by atoms with Crippen LogP contribution in [0.4, 0.5) is 32.9 Å². The molecule has 2 aromatic heterocycles. The molecule has 0 radical (unpaired) electrons. The van der Waals surface area contributed by atoms with Crippen molar-refractivity contribution < 1.29 is 31.5 Å². The smallest absolute Gasteiger partial charge is 0.417 e. The maximum Gasteiger partial charge on any atom is 0.417 e. The number of alkyl halides is 3. The third-order valence-corrected chi connectivity index (χ3v) is 9.21. The number of thiazole rings is 1. The van der Waals surface area contributed by atoms with Gasteiger partial charge >= 0.3 is 12.2 Å². The molecule has 0 saturated carbocycles. The number of likely N-dealkylation sites (N-methyl/N-ethyl adjacent to an activating group) is 2. The molecule has 4 heterocycles. The van der Waals surface area contributed by atoms with E-state index in [1.165, 1.54) is 4.90 Å². The van der Waals surface area contributed by atoms with Gasteiger partial charge < -0.3 is 25.2 Å². The third-order valence-electron chi connectivity index (χ3n) is 8.32. The molecule has 0 bridgehead atoms. The lowest BCUT2D eigenvalue weighted by Crippen LogP contribution is -2.60. The van der Waals surface area contributed by atoms with Crippen LogP contribution in [0, 0.1) is 23.5 Å². The van der Waals surface area contributed by atoms with Crippen LogP contribution in [-0.2, 0) is 11.0 Å². The largest absolute Gasteiger partial charge is 0.462 e. The zero-order valence-electron chi connectivity index (χ0n) is 24.5. The Morgan fingerprint density at radius 3 is 2.62 bits per heavy atom. The highest BCUT2D eigenvalue weighted by atomic mass is 32.1. The molecule has 6 rings (SSSR count). The molecule has 2 aliphatic rings. The van der Waals surface area contributed by atoms with Crippen molar-refractivity contribution in [2.24, 2.45) is 0 Å². The van der Waals surface area contributed by atoms with Crippen molar-refractivity contribution in [1.29, 1.82) is 0 Å². The molecular formula is C30H28F5N7O2S. The molecule has 9 nitrogen and oxygen atoms in total. The molecule has 15 heteroatoms. The molecule has 1 amide bonds. The standard InChI is InChI=1S/C30H28F5N7O2S/c1-4-6-21(43)42-12-16(13-42)41(3)27-18-11-19(30(33,34)35)22(17-8-9-20(31)26-25(17)37-28(36)45-26)23(32)24(18)38-29(39-27)44-14-15-7-5-10-40(15)2/h8-9,11,15-16H,5,7,10,12-14H2,1-3H3,(H2,36,37)/t15-/m0/s1. The fraction of sp³-hybridized carbons (Fsp3) is 0.400. The van der Waals surface area contributed by atoms with E-state index in [0.717, 1.165) is 48.9 Å². The molecule has 2 aromatic carbocycles. The summed E-state index contributed by atoms with van der Waals surface area (Å²) in [4.78, 5) is 30.1. The normalized spacial score (nSPS) is 17.4. The Morgan fingerprint density at radius 1 is 1.20 bits per heavy atom. The van der Waals surface area contributed by atoms with Crippen molar-refractivity contribution in [3.63, 3.8) is 0 Å².